The smallest absolute Gasteiger partial charge is 0.185 e. The van der Waals surface area contributed by atoms with E-state index in [1.807, 2.05) is 0 Å². The van der Waals surface area contributed by atoms with Gasteiger partial charge in [-0.3, -0.25) is 4.99 Å². The van der Waals surface area contributed by atoms with Gasteiger partial charge in [-0.2, -0.15) is 0 Å². The van der Waals surface area contributed by atoms with Crippen molar-refractivity contribution in [1.82, 2.24) is 0 Å². The number of hydrogen-bond donors (Lipinski definition) is 2. The lowest BCUT2D eigenvalue weighted by Gasteiger charge is -2.23. The predicted molar refractivity (Wildman–Crippen MR) is 48.2 cm³/mol. The Labute approximate surface area is 68.5 Å². The van der Waals surface area contributed by atoms with Crippen molar-refractivity contribution in [2.24, 2.45) is 16.5 Å². The Morgan fingerprint density at radius 2 is 1.82 bits per heavy atom. The molecule has 0 spiro atoms. The largest absolute Gasteiger partial charge is 0.370 e. The Kier molecular flexibility index (Phi) is 3.89. The van der Waals surface area contributed by atoms with Crippen molar-refractivity contribution in [3.05, 3.63) is 0 Å². The van der Waals surface area contributed by atoms with Crippen LogP contribution in [0.5, 0.6) is 0 Å². The van der Waals surface area contributed by atoms with Gasteiger partial charge in [0.2, 0.25) is 0 Å². The van der Waals surface area contributed by atoms with Crippen LogP contribution in [0.15, 0.2) is 4.99 Å². The summed E-state index contributed by atoms with van der Waals surface area (Å²) >= 11 is 0. The van der Waals surface area contributed by atoms with E-state index in [2.05, 4.69) is 26.1 Å². The topological polar surface area (TPSA) is 64.4 Å². The molecule has 0 heterocycles. The summed E-state index contributed by atoms with van der Waals surface area (Å²) in [6.07, 6.45) is 1.03. The summed E-state index contributed by atoms with van der Waals surface area (Å²) in [6, 6.07) is 0. The highest BCUT2D eigenvalue weighted by atomic mass is 15.3. The van der Waals surface area contributed by atoms with E-state index in [0.717, 1.165) is 24.0 Å². The summed E-state index contributed by atoms with van der Waals surface area (Å²) in [7, 11) is 6.44. The summed E-state index contributed by atoms with van der Waals surface area (Å²) in [5.41, 5.74) is 10.3. The van der Waals surface area contributed by atoms with Gasteiger partial charge in [0, 0.05) is 13.0 Å². The van der Waals surface area contributed by atoms with Crippen LogP contribution in [0.25, 0.3) is 0 Å². The first-order chi connectivity index (χ1) is 4.92. The number of rotatable bonds is 4. The minimum Gasteiger partial charge on any atom is -0.370 e. The molecule has 0 aliphatic heterocycles. The first kappa shape index (κ1) is 10.2. The molecule has 0 saturated heterocycles. The quantitative estimate of drug-likeness (QED) is 0.248. The van der Waals surface area contributed by atoms with Crippen molar-refractivity contribution in [1.29, 1.82) is 0 Å². The molecular weight excluding hydrogens is 140 g/mol. The molecule has 4 heteroatoms. The number of nitrogens with two attached hydrogens (primary N) is 2. The third-order valence-corrected chi connectivity index (χ3v) is 1.28. The highest BCUT2D eigenvalue weighted by Gasteiger charge is 2.04. The van der Waals surface area contributed by atoms with Crippen molar-refractivity contribution in [2.45, 2.75) is 6.42 Å². The predicted octanol–water partition coefficient (Wildman–Crippen LogP) is -0.644. The molecule has 0 bridgehead atoms. The number of hydrogen-bond acceptors (Lipinski definition) is 1. The lowest BCUT2D eigenvalue weighted by molar-refractivity contribution is -0.870. The molecule has 0 aliphatic carbocycles. The third-order valence-electron chi connectivity index (χ3n) is 1.28. The first-order valence-electron chi connectivity index (χ1n) is 3.78. The standard InChI is InChI=1S/C7H19N4/c1-11(2,3)6-4-5-10-7(8)9/h4-6H2,1-3H3,(H4,8,9,10)/q+1. The van der Waals surface area contributed by atoms with Gasteiger partial charge >= 0.3 is 0 Å². The van der Waals surface area contributed by atoms with Crippen LogP contribution in [-0.2, 0) is 0 Å². The molecule has 0 aromatic carbocycles. The molecule has 0 unspecified atom stereocenters. The lowest BCUT2D eigenvalue weighted by atomic mass is 10.4. The van der Waals surface area contributed by atoms with Gasteiger partial charge in [0.15, 0.2) is 5.96 Å². The van der Waals surface area contributed by atoms with E-state index in [0.29, 0.717) is 0 Å². The average Bonchev–Trinajstić information content (AvgIpc) is 1.78. The maximum absolute atomic E-state index is 5.16. The zero-order chi connectivity index (χ0) is 8.91. The van der Waals surface area contributed by atoms with Gasteiger partial charge < -0.3 is 16.0 Å². The molecule has 0 radical (unpaired) electrons. The highest BCUT2D eigenvalue weighted by molar-refractivity contribution is 5.75. The monoisotopic (exact) mass is 159 g/mol. The number of nitrogens with zero attached hydrogens (tertiary/aromatic N) is 2. The molecule has 0 amide bonds. The fourth-order valence-electron chi connectivity index (χ4n) is 0.753. The molecule has 0 aliphatic rings. The van der Waals surface area contributed by atoms with Gasteiger partial charge in [0.25, 0.3) is 0 Å². The molecular formula is C7H19N4+. The van der Waals surface area contributed by atoms with Crippen LogP contribution >= 0.6 is 0 Å². The van der Waals surface area contributed by atoms with E-state index in [9.17, 15) is 0 Å². The van der Waals surface area contributed by atoms with Crippen LogP contribution < -0.4 is 11.5 Å². The second-order valence-corrected chi connectivity index (χ2v) is 3.67. The van der Waals surface area contributed by atoms with Crippen molar-refractivity contribution >= 4 is 5.96 Å². The maximum atomic E-state index is 5.16. The fourth-order valence-corrected chi connectivity index (χ4v) is 0.753. The molecule has 0 rings (SSSR count). The number of aliphatic imine (C=N–C) groups is 1. The molecule has 0 atom stereocenters. The fraction of sp³-hybridized carbons (Fsp3) is 0.857. The Bertz CT molecular complexity index is 130. The molecule has 0 fully saturated rings. The summed E-state index contributed by atoms with van der Waals surface area (Å²) in [5, 5.41) is 0. The second kappa shape index (κ2) is 4.18. The molecule has 66 valence electrons. The van der Waals surface area contributed by atoms with E-state index in [4.69, 9.17) is 11.5 Å². The SMILES string of the molecule is C[N+](C)(C)CCCN=C(N)N. The normalized spacial score (nSPS) is 11.2. The van der Waals surface area contributed by atoms with Gasteiger partial charge in [0.1, 0.15) is 0 Å². The van der Waals surface area contributed by atoms with Gasteiger partial charge in [-0.25, -0.2) is 0 Å². The summed E-state index contributed by atoms with van der Waals surface area (Å²) in [5.74, 6) is 0.186. The molecule has 0 aromatic rings. The highest BCUT2D eigenvalue weighted by Crippen LogP contribution is 1.92. The minimum absolute atomic E-state index is 0.186. The number of quaternary nitrogens is 1. The van der Waals surface area contributed by atoms with Crippen molar-refractivity contribution in [3.63, 3.8) is 0 Å². The molecule has 11 heavy (non-hydrogen) atoms. The van der Waals surface area contributed by atoms with Crippen molar-refractivity contribution in [3.8, 4) is 0 Å². The maximum Gasteiger partial charge on any atom is 0.185 e. The second-order valence-electron chi connectivity index (χ2n) is 3.67. The van der Waals surface area contributed by atoms with Gasteiger partial charge in [-0.15, -0.1) is 0 Å². The van der Waals surface area contributed by atoms with E-state index < -0.39 is 0 Å². The van der Waals surface area contributed by atoms with E-state index >= 15 is 0 Å². The van der Waals surface area contributed by atoms with Crippen LogP contribution in [0.3, 0.4) is 0 Å². The molecule has 4 nitrogen and oxygen atoms in total. The molecule has 4 N–H and O–H groups in total. The Morgan fingerprint density at radius 3 is 2.18 bits per heavy atom. The van der Waals surface area contributed by atoms with E-state index in [1.54, 1.807) is 0 Å². The van der Waals surface area contributed by atoms with Crippen LogP contribution in [-0.4, -0.2) is 44.7 Å². The summed E-state index contributed by atoms with van der Waals surface area (Å²) < 4.78 is 0.958. The van der Waals surface area contributed by atoms with E-state index in [-0.39, 0.29) is 5.96 Å². The molecule has 0 saturated carbocycles. The van der Waals surface area contributed by atoms with E-state index in [1.165, 1.54) is 0 Å². The van der Waals surface area contributed by atoms with Gasteiger partial charge in [-0.05, 0) is 0 Å². The Balaban J connectivity index is 3.36. The summed E-state index contributed by atoms with van der Waals surface area (Å²) in [6.45, 7) is 1.83. The van der Waals surface area contributed by atoms with Crippen LogP contribution in [0.1, 0.15) is 6.42 Å². The van der Waals surface area contributed by atoms with Gasteiger partial charge in [-0.1, -0.05) is 0 Å². The Hall–Kier alpha value is -0.770. The van der Waals surface area contributed by atoms with Crippen LogP contribution in [0.2, 0.25) is 0 Å². The Morgan fingerprint density at radius 1 is 1.27 bits per heavy atom. The van der Waals surface area contributed by atoms with Crippen molar-refractivity contribution in [2.75, 3.05) is 34.2 Å². The third kappa shape index (κ3) is 9.23. The first-order valence-corrected chi connectivity index (χ1v) is 3.78. The zero-order valence-corrected chi connectivity index (χ0v) is 7.67. The number of guanidine groups is 1. The average molecular weight is 159 g/mol. The summed E-state index contributed by atoms with van der Waals surface area (Å²) in [4.78, 5) is 3.89. The van der Waals surface area contributed by atoms with Gasteiger partial charge in [0.05, 0.1) is 27.7 Å². The molecule has 0 aromatic heterocycles. The van der Waals surface area contributed by atoms with Crippen molar-refractivity contribution < 1.29 is 4.48 Å². The van der Waals surface area contributed by atoms with Crippen LogP contribution in [0.4, 0.5) is 0 Å². The van der Waals surface area contributed by atoms with Crippen LogP contribution in [0, 0.1) is 0 Å². The minimum atomic E-state index is 0.186. The zero-order valence-electron chi connectivity index (χ0n) is 7.67. The lowest BCUT2D eigenvalue weighted by Crippen LogP contribution is -2.35.